The number of benzene rings is 2. The number of hydrogen-bond donors (Lipinski definition) is 1. The Bertz CT molecular complexity index is 1400. The zero-order valence-corrected chi connectivity index (χ0v) is 18.3. The van der Waals surface area contributed by atoms with Gasteiger partial charge in [0.05, 0.1) is 5.02 Å². The molecule has 166 valence electrons. The SMILES string of the molecule is O=C(c1ccc2ccc(=O)[nH]c2c1)N1CCN(c2ccc(-c3ccc(F)c(Cl)c3)cn2)CC1. The van der Waals surface area contributed by atoms with Crippen LogP contribution >= 0.6 is 11.6 Å². The minimum atomic E-state index is -0.450. The first kappa shape index (κ1) is 21.2. The Hall–Kier alpha value is -3.71. The van der Waals surface area contributed by atoms with Crippen molar-refractivity contribution in [1.29, 1.82) is 0 Å². The van der Waals surface area contributed by atoms with Crippen molar-refractivity contribution < 1.29 is 9.18 Å². The number of fused-ring (bicyclic) bond motifs is 1. The summed E-state index contributed by atoms with van der Waals surface area (Å²) in [6.07, 6.45) is 1.74. The molecule has 0 unspecified atom stereocenters. The lowest BCUT2D eigenvalue weighted by Gasteiger charge is -2.35. The molecule has 1 aliphatic heterocycles. The number of piperazine rings is 1. The number of amides is 1. The third-order valence-corrected chi connectivity index (χ3v) is 6.15. The molecule has 0 saturated carbocycles. The Morgan fingerprint density at radius 3 is 2.42 bits per heavy atom. The predicted octanol–water partition coefficient (Wildman–Crippen LogP) is 4.35. The number of pyridine rings is 2. The molecule has 0 atom stereocenters. The summed E-state index contributed by atoms with van der Waals surface area (Å²) in [5, 5.41) is 0.962. The fraction of sp³-hybridized carbons (Fsp3) is 0.160. The van der Waals surface area contributed by atoms with Gasteiger partial charge >= 0.3 is 0 Å². The van der Waals surface area contributed by atoms with Crippen LogP contribution < -0.4 is 10.5 Å². The van der Waals surface area contributed by atoms with Gasteiger partial charge in [0.25, 0.3) is 5.91 Å². The molecule has 3 heterocycles. The van der Waals surface area contributed by atoms with Crippen molar-refractivity contribution in [2.24, 2.45) is 0 Å². The van der Waals surface area contributed by atoms with E-state index in [-0.39, 0.29) is 16.5 Å². The average Bonchev–Trinajstić information content (AvgIpc) is 2.85. The highest BCUT2D eigenvalue weighted by Crippen LogP contribution is 2.26. The van der Waals surface area contributed by atoms with Gasteiger partial charge in [0.15, 0.2) is 0 Å². The van der Waals surface area contributed by atoms with Gasteiger partial charge in [-0.15, -0.1) is 0 Å². The molecule has 1 fully saturated rings. The Balaban J connectivity index is 1.25. The van der Waals surface area contributed by atoms with Gasteiger partial charge in [-0.3, -0.25) is 9.59 Å². The third kappa shape index (κ3) is 4.32. The Morgan fingerprint density at radius 1 is 0.939 bits per heavy atom. The van der Waals surface area contributed by atoms with Crippen LogP contribution in [0.5, 0.6) is 0 Å². The minimum absolute atomic E-state index is 0.0576. The van der Waals surface area contributed by atoms with Gasteiger partial charge in [0, 0.05) is 55.1 Å². The maximum absolute atomic E-state index is 13.4. The van der Waals surface area contributed by atoms with E-state index in [2.05, 4.69) is 14.9 Å². The van der Waals surface area contributed by atoms with Crippen molar-refractivity contribution in [2.75, 3.05) is 31.1 Å². The molecule has 1 saturated heterocycles. The molecule has 33 heavy (non-hydrogen) atoms. The van der Waals surface area contributed by atoms with Crippen LogP contribution in [0.3, 0.4) is 0 Å². The second-order valence-corrected chi connectivity index (χ2v) is 8.35. The van der Waals surface area contributed by atoms with Gasteiger partial charge in [-0.1, -0.05) is 23.7 Å². The summed E-state index contributed by atoms with van der Waals surface area (Å²) in [7, 11) is 0. The first-order chi connectivity index (χ1) is 16.0. The Morgan fingerprint density at radius 2 is 1.70 bits per heavy atom. The molecule has 1 amide bonds. The van der Waals surface area contributed by atoms with Crippen molar-refractivity contribution in [3.05, 3.63) is 93.6 Å². The smallest absolute Gasteiger partial charge is 0.254 e. The van der Waals surface area contributed by atoms with E-state index in [9.17, 15) is 14.0 Å². The van der Waals surface area contributed by atoms with Gasteiger partial charge in [0.1, 0.15) is 11.6 Å². The number of anilines is 1. The fourth-order valence-corrected chi connectivity index (χ4v) is 4.20. The van der Waals surface area contributed by atoms with Crippen molar-refractivity contribution >= 4 is 34.2 Å². The van der Waals surface area contributed by atoms with Crippen LogP contribution in [0.15, 0.2) is 71.7 Å². The highest BCUT2D eigenvalue weighted by molar-refractivity contribution is 6.31. The normalized spacial score (nSPS) is 14.0. The number of H-pyrrole nitrogens is 1. The van der Waals surface area contributed by atoms with Crippen LogP contribution in [0.2, 0.25) is 5.02 Å². The molecule has 5 rings (SSSR count). The molecule has 0 spiro atoms. The molecule has 6 nitrogen and oxygen atoms in total. The molecule has 1 N–H and O–H groups in total. The summed E-state index contributed by atoms with van der Waals surface area (Å²) in [6.45, 7) is 2.45. The number of nitrogens with one attached hydrogen (secondary N) is 1. The van der Waals surface area contributed by atoms with Gasteiger partial charge in [0.2, 0.25) is 5.56 Å². The number of carbonyl (C=O) groups excluding carboxylic acids is 1. The average molecular weight is 463 g/mol. The topological polar surface area (TPSA) is 69.3 Å². The van der Waals surface area contributed by atoms with Crippen LogP contribution in [0, 0.1) is 5.82 Å². The second-order valence-electron chi connectivity index (χ2n) is 7.94. The van der Waals surface area contributed by atoms with E-state index in [1.54, 1.807) is 36.5 Å². The molecule has 2 aromatic heterocycles. The third-order valence-electron chi connectivity index (χ3n) is 5.86. The molecule has 2 aromatic carbocycles. The molecule has 0 bridgehead atoms. The predicted molar refractivity (Wildman–Crippen MR) is 127 cm³/mol. The van der Waals surface area contributed by atoms with Crippen LogP contribution in [-0.4, -0.2) is 47.0 Å². The Labute approximate surface area is 194 Å². The molecule has 1 aliphatic rings. The summed E-state index contributed by atoms with van der Waals surface area (Å²) < 4.78 is 13.4. The van der Waals surface area contributed by atoms with Crippen LogP contribution in [0.25, 0.3) is 22.0 Å². The molecule has 0 aliphatic carbocycles. The summed E-state index contributed by atoms with van der Waals surface area (Å²) in [6, 6.07) is 17.0. The van der Waals surface area contributed by atoms with Crippen molar-refractivity contribution in [3.63, 3.8) is 0 Å². The zero-order valence-electron chi connectivity index (χ0n) is 17.6. The number of aromatic amines is 1. The van der Waals surface area contributed by atoms with Crippen molar-refractivity contribution in [3.8, 4) is 11.1 Å². The minimum Gasteiger partial charge on any atom is -0.353 e. The highest BCUT2D eigenvalue weighted by Gasteiger charge is 2.23. The largest absolute Gasteiger partial charge is 0.353 e. The summed E-state index contributed by atoms with van der Waals surface area (Å²) in [5.41, 5.74) is 2.66. The number of halogens is 2. The van der Waals surface area contributed by atoms with Crippen LogP contribution in [0.4, 0.5) is 10.2 Å². The van der Waals surface area contributed by atoms with E-state index in [0.717, 1.165) is 22.3 Å². The highest BCUT2D eigenvalue weighted by atomic mass is 35.5. The van der Waals surface area contributed by atoms with Crippen molar-refractivity contribution in [1.82, 2.24) is 14.9 Å². The molecule has 0 radical (unpaired) electrons. The maximum Gasteiger partial charge on any atom is 0.254 e. The standard InChI is InChI=1S/C25H20ClFN4O2/c26-20-13-17(3-6-21(20)27)19-4-7-23(28-15-19)30-9-11-31(12-10-30)25(33)18-2-1-16-5-8-24(32)29-22(16)14-18/h1-8,13-15H,9-12H2,(H,29,32). The molecular weight excluding hydrogens is 443 g/mol. The summed E-state index contributed by atoms with van der Waals surface area (Å²) in [4.78, 5) is 35.8. The summed E-state index contributed by atoms with van der Waals surface area (Å²) >= 11 is 5.88. The lowest BCUT2D eigenvalue weighted by Crippen LogP contribution is -2.49. The molecular formula is C25H20ClFN4O2. The lowest BCUT2D eigenvalue weighted by atomic mass is 10.1. The number of carbonyl (C=O) groups is 1. The first-order valence-corrected chi connectivity index (χ1v) is 10.9. The number of rotatable bonds is 3. The van der Waals surface area contributed by atoms with Crippen molar-refractivity contribution in [2.45, 2.75) is 0 Å². The Kier molecular flexibility index (Phi) is 5.56. The number of aromatic nitrogens is 2. The first-order valence-electron chi connectivity index (χ1n) is 10.6. The van der Waals surface area contributed by atoms with E-state index in [1.807, 2.05) is 23.1 Å². The van der Waals surface area contributed by atoms with E-state index in [0.29, 0.717) is 37.3 Å². The molecule has 4 aromatic rings. The van der Waals surface area contributed by atoms with Gasteiger partial charge in [-0.25, -0.2) is 9.37 Å². The fourth-order valence-electron chi connectivity index (χ4n) is 4.02. The lowest BCUT2D eigenvalue weighted by molar-refractivity contribution is 0.0746. The zero-order chi connectivity index (χ0) is 22.9. The van der Waals surface area contributed by atoms with E-state index >= 15 is 0 Å². The van der Waals surface area contributed by atoms with Gasteiger partial charge < -0.3 is 14.8 Å². The summed E-state index contributed by atoms with van der Waals surface area (Å²) in [5.74, 6) is 0.314. The van der Waals surface area contributed by atoms with Gasteiger partial charge in [-0.2, -0.15) is 0 Å². The maximum atomic E-state index is 13.4. The van der Waals surface area contributed by atoms with E-state index in [1.165, 1.54) is 12.1 Å². The van der Waals surface area contributed by atoms with E-state index in [4.69, 9.17) is 11.6 Å². The van der Waals surface area contributed by atoms with Crippen LogP contribution in [0.1, 0.15) is 10.4 Å². The van der Waals surface area contributed by atoms with Crippen LogP contribution in [-0.2, 0) is 0 Å². The number of hydrogen-bond acceptors (Lipinski definition) is 4. The number of nitrogens with zero attached hydrogens (tertiary/aromatic N) is 3. The quantitative estimate of drug-likeness (QED) is 0.491. The monoisotopic (exact) mass is 462 g/mol. The molecule has 8 heteroatoms. The second kappa shape index (κ2) is 8.67. The van der Waals surface area contributed by atoms with Gasteiger partial charge in [-0.05, 0) is 53.4 Å². The van der Waals surface area contributed by atoms with E-state index < -0.39 is 5.82 Å².